The van der Waals surface area contributed by atoms with E-state index in [1.165, 1.54) is 12.1 Å². The van der Waals surface area contributed by atoms with Gasteiger partial charge < -0.3 is 20.3 Å². The molecule has 1 atom stereocenters. The van der Waals surface area contributed by atoms with Crippen LogP contribution >= 0.6 is 24.0 Å². The number of aliphatic imine (C=N–C) groups is 1. The number of hydrogen-bond donors (Lipinski definition) is 3. The lowest BCUT2D eigenvalue weighted by Crippen LogP contribution is -2.39. The summed E-state index contributed by atoms with van der Waals surface area (Å²) in [5.41, 5.74) is 1.61. The maximum atomic E-state index is 13.0. The van der Waals surface area contributed by atoms with Gasteiger partial charge in [-0.15, -0.1) is 24.0 Å². The third-order valence-electron chi connectivity index (χ3n) is 4.44. The number of nitrogens with zero attached hydrogens (tertiary/aromatic N) is 2. The van der Waals surface area contributed by atoms with E-state index in [1.807, 2.05) is 13.0 Å². The molecule has 1 aromatic heterocycles. The highest BCUT2D eigenvalue weighted by Gasteiger charge is 2.13. The molecule has 3 N–H and O–H groups in total. The molecule has 0 amide bonds. The highest BCUT2D eigenvalue weighted by atomic mass is 127. The van der Waals surface area contributed by atoms with Crippen molar-refractivity contribution in [1.29, 1.82) is 0 Å². The van der Waals surface area contributed by atoms with Gasteiger partial charge in [-0.2, -0.15) is 0 Å². The number of rotatable bonds is 9. The second kappa shape index (κ2) is 12.7. The van der Waals surface area contributed by atoms with Crippen LogP contribution in [-0.4, -0.2) is 29.3 Å². The zero-order valence-corrected chi connectivity index (χ0v) is 18.9. The molecule has 0 saturated heterocycles. The minimum atomic E-state index is -0.763. The SMILES string of the molecule is CCNC(=NCc1cc(C(CC)CC)no1)NCC(O)c1ccc(F)cc1.I. The first-order valence-corrected chi connectivity index (χ1v) is 9.48. The van der Waals surface area contributed by atoms with E-state index < -0.39 is 6.10 Å². The first-order valence-electron chi connectivity index (χ1n) is 9.48. The van der Waals surface area contributed by atoms with Crippen LogP contribution in [0.25, 0.3) is 0 Å². The number of aliphatic hydroxyl groups excluding tert-OH is 1. The van der Waals surface area contributed by atoms with Gasteiger partial charge in [0, 0.05) is 25.1 Å². The highest BCUT2D eigenvalue weighted by molar-refractivity contribution is 14.0. The van der Waals surface area contributed by atoms with E-state index in [2.05, 4.69) is 34.6 Å². The fourth-order valence-electron chi connectivity index (χ4n) is 2.80. The Morgan fingerprint density at radius 1 is 1.18 bits per heavy atom. The van der Waals surface area contributed by atoms with E-state index >= 15 is 0 Å². The molecule has 0 bridgehead atoms. The number of benzene rings is 1. The molecule has 0 aliphatic rings. The number of guanidine groups is 1. The molecule has 1 heterocycles. The summed E-state index contributed by atoms with van der Waals surface area (Å²) in [5.74, 6) is 1.35. The molecule has 1 aromatic carbocycles. The predicted molar refractivity (Wildman–Crippen MR) is 119 cm³/mol. The lowest BCUT2D eigenvalue weighted by Gasteiger charge is -2.15. The highest BCUT2D eigenvalue weighted by Crippen LogP contribution is 2.22. The fraction of sp³-hybridized carbons (Fsp3) is 0.500. The number of nitrogens with one attached hydrogen (secondary N) is 2. The van der Waals surface area contributed by atoms with Crippen molar-refractivity contribution in [3.05, 3.63) is 53.2 Å². The minimum Gasteiger partial charge on any atom is -0.387 e. The van der Waals surface area contributed by atoms with E-state index in [-0.39, 0.29) is 36.3 Å². The molecule has 0 fully saturated rings. The van der Waals surface area contributed by atoms with Crippen molar-refractivity contribution >= 4 is 29.9 Å². The molecule has 2 rings (SSSR count). The first kappa shape index (κ1) is 24.4. The quantitative estimate of drug-likeness (QED) is 0.272. The largest absolute Gasteiger partial charge is 0.387 e. The Bertz CT molecular complexity index is 717. The number of halogens is 2. The number of hydrogen-bond acceptors (Lipinski definition) is 4. The van der Waals surface area contributed by atoms with Gasteiger partial charge in [-0.3, -0.25) is 0 Å². The third kappa shape index (κ3) is 7.38. The Labute approximate surface area is 183 Å². The molecular formula is C20H30FIN4O2. The molecule has 6 nitrogen and oxygen atoms in total. The third-order valence-corrected chi connectivity index (χ3v) is 4.44. The summed E-state index contributed by atoms with van der Waals surface area (Å²) < 4.78 is 18.4. The second-order valence-corrected chi connectivity index (χ2v) is 6.37. The molecule has 0 saturated carbocycles. The maximum absolute atomic E-state index is 13.0. The van der Waals surface area contributed by atoms with Gasteiger partial charge in [0.05, 0.1) is 11.8 Å². The fourth-order valence-corrected chi connectivity index (χ4v) is 2.80. The van der Waals surface area contributed by atoms with Crippen molar-refractivity contribution in [3.63, 3.8) is 0 Å². The molecule has 0 spiro atoms. The van der Waals surface area contributed by atoms with Crippen LogP contribution in [0.15, 0.2) is 39.8 Å². The van der Waals surface area contributed by atoms with Gasteiger partial charge in [-0.25, -0.2) is 9.38 Å². The van der Waals surface area contributed by atoms with E-state index in [4.69, 9.17) is 4.52 Å². The van der Waals surface area contributed by atoms with Crippen LogP contribution in [0.4, 0.5) is 4.39 Å². The second-order valence-electron chi connectivity index (χ2n) is 6.37. The van der Waals surface area contributed by atoms with Gasteiger partial charge in [0.2, 0.25) is 0 Å². The first-order chi connectivity index (χ1) is 13.1. The molecule has 8 heteroatoms. The van der Waals surface area contributed by atoms with Crippen LogP contribution in [0.3, 0.4) is 0 Å². The molecular weight excluding hydrogens is 474 g/mol. The summed E-state index contributed by atoms with van der Waals surface area (Å²) in [7, 11) is 0. The predicted octanol–water partition coefficient (Wildman–Crippen LogP) is 4.12. The molecule has 2 aromatic rings. The summed E-state index contributed by atoms with van der Waals surface area (Å²) in [6.45, 7) is 7.55. The van der Waals surface area contributed by atoms with Gasteiger partial charge >= 0.3 is 0 Å². The lowest BCUT2D eigenvalue weighted by molar-refractivity contribution is 0.180. The monoisotopic (exact) mass is 504 g/mol. The average molecular weight is 504 g/mol. The molecule has 0 aliphatic carbocycles. The molecule has 0 aliphatic heterocycles. The van der Waals surface area contributed by atoms with Crippen LogP contribution in [-0.2, 0) is 6.54 Å². The Morgan fingerprint density at radius 2 is 1.86 bits per heavy atom. The summed E-state index contributed by atoms with van der Waals surface area (Å²) in [6.07, 6.45) is 1.29. The maximum Gasteiger partial charge on any atom is 0.191 e. The van der Waals surface area contributed by atoms with Crippen molar-refractivity contribution in [1.82, 2.24) is 15.8 Å². The van der Waals surface area contributed by atoms with Crippen molar-refractivity contribution in [2.45, 2.75) is 52.2 Å². The van der Waals surface area contributed by atoms with Gasteiger partial charge in [0.15, 0.2) is 11.7 Å². The van der Waals surface area contributed by atoms with Crippen LogP contribution in [0.2, 0.25) is 0 Å². The van der Waals surface area contributed by atoms with Gasteiger partial charge in [0.25, 0.3) is 0 Å². The van der Waals surface area contributed by atoms with Crippen molar-refractivity contribution in [2.24, 2.45) is 4.99 Å². The smallest absolute Gasteiger partial charge is 0.191 e. The van der Waals surface area contributed by atoms with Crippen LogP contribution in [0.1, 0.15) is 62.7 Å². The van der Waals surface area contributed by atoms with Crippen LogP contribution in [0, 0.1) is 5.82 Å². The zero-order chi connectivity index (χ0) is 19.6. The van der Waals surface area contributed by atoms with E-state index in [9.17, 15) is 9.50 Å². The van der Waals surface area contributed by atoms with E-state index in [0.29, 0.717) is 36.3 Å². The van der Waals surface area contributed by atoms with Crippen LogP contribution in [0.5, 0.6) is 0 Å². The number of aliphatic hydroxyl groups is 1. The number of aromatic nitrogens is 1. The van der Waals surface area contributed by atoms with Crippen LogP contribution < -0.4 is 10.6 Å². The normalized spacial score (nSPS) is 12.6. The molecule has 28 heavy (non-hydrogen) atoms. The van der Waals surface area contributed by atoms with Crippen molar-refractivity contribution in [3.8, 4) is 0 Å². The average Bonchev–Trinajstić information content (AvgIpc) is 3.14. The van der Waals surface area contributed by atoms with Gasteiger partial charge in [-0.1, -0.05) is 31.1 Å². The topological polar surface area (TPSA) is 82.7 Å². The Kier molecular flexibility index (Phi) is 11.1. The summed E-state index contributed by atoms with van der Waals surface area (Å²) in [5, 5.41) is 20.6. The summed E-state index contributed by atoms with van der Waals surface area (Å²) >= 11 is 0. The Morgan fingerprint density at radius 3 is 2.46 bits per heavy atom. The molecule has 1 unspecified atom stereocenters. The molecule has 0 radical (unpaired) electrons. The Hall–Kier alpha value is -1.68. The minimum absolute atomic E-state index is 0. The lowest BCUT2D eigenvalue weighted by atomic mass is 9.99. The van der Waals surface area contributed by atoms with Gasteiger partial charge in [0.1, 0.15) is 12.4 Å². The van der Waals surface area contributed by atoms with Crippen molar-refractivity contribution < 1.29 is 14.0 Å². The van der Waals surface area contributed by atoms with Gasteiger partial charge in [-0.05, 0) is 37.5 Å². The van der Waals surface area contributed by atoms with Crippen molar-refractivity contribution in [2.75, 3.05) is 13.1 Å². The Balaban J connectivity index is 0.00000392. The summed E-state index contributed by atoms with van der Waals surface area (Å²) in [4.78, 5) is 4.48. The molecule has 156 valence electrons. The summed E-state index contributed by atoms with van der Waals surface area (Å²) in [6, 6.07) is 7.76. The standard InChI is InChI=1S/C20H29FN4O2.HI/c1-4-14(5-2)18-11-17(27-25-18)12-23-20(22-6-3)24-13-19(26)15-7-9-16(21)10-8-15;/h7-11,14,19,26H,4-6,12-13H2,1-3H3,(H2,22,23,24);1H. The van der Waals surface area contributed by atoms with E-state index in [1.54, 1.807) is 12.1 Å². The van der Waals surface area contributed by atoms with E-state index in [0.717, 1.165) is 18.5 Å². The zero-order valence-electron chi connectivity index (χ0n) is 16.6.